The fourth-order valence-electron chi connectivity index (χ4n) is 4.60. The SMILES string of the molecule is O=C(NCCc1ccc(Cl)cc1Cl)c1ccc(N/C(=C\C2CCCCN2)N2CCCC(O)C2)cc1. The standard InChI is InChI=1S/C27H34Cl2N4O2/c28-21-9-6-19(25(29)16-21)12-14-31-27(35)20-7-10-22(11-8-20)32-26(17-23-4-1-2-13-30-23)33-15-3-5-24(34)18-33/h6-11,16-17,23-24,30,32,34H,1-5,12-15,18H2,(H,31,35)/b26-17+. The number of carbonyl (C=O) groups excluding carboxylic acids is 1. The van der Waals surface area contributed by atoms with Gasteiger partial charge in [0, 0.05) is 47.0 Å². The Morgan fingerprint density at radius 1 is 1.11 bits per heavy atom. The van der Waals surface area contributed by atoms with Gasteiger partial charge in [-0.3, -0.25) is 4.79 Å². The molecule has 2 unspecified atom stereocenters. The van der Waals surface area contributed by atoms with Crippen molar-refractivity contribution in [3.05, 3.63) is 75.5 Å². The molecule has 2 heterocycles. The number of rotatable bonds is 8. The number of anilines is 1. The van der Waals surface area contributed by atoms with Crippen LogP contribution in [0.2, 0.25) is 10.0 Å². The van der Waals surface area contributed by atoms with Crippen molar-refractivity contribution in [1.82, 2.24) is 15.5 Å². The Morgan fingerprint density at radius 3 is 2.66 bits per heavy atom. The zero-order chi connectivity index (χ0) is 24.6. The summed E-state index contributed by atoms with van der Waals surface area (Å²) in [7, 11) is 0. The molecule has 0 radical (unpaired) electrons. The molecule has 0 bridgehead atoms. The molecule has 2 atom stereocenters. The molecule has 0 spiro atoms. The van der Waals surface area contributed by atoms with E-state index in [0.29, 0.717) is 41.2 Å². The maximum Gasteiger partial charge on any atom is 0.251 e. The molecule has 1 amide bonds. The fourth-order valence-corrected chi connectivity index (χ4v) is 5.10. The van der Waals surface area contributed by atoms with E-state index in [0.717, 1.165) is 49.4 Å². The molecule has 2 saturated heterocycles. The Labute approximate surface area is 217 Å². The third-order valence-electron chi connectivity index (χ3n) is 6.56. The summed E-state index contributed by atoms with van der Waals surface area (Å²) in [5, 5.41) is 21.5. The minimum Gasteiger partial charge on any atom is -0.391 e. The highest BCUT2D eigenvalue weighted by atomic mass is 35.5. The lowest BCUT2D eigenvalue weighted by Gasteiger charge is -2.35. The number of amides is 1. The van der Waals surface area contributed by atoms with Crippen LogP contribution in [0.1, 0.15) is 48.0 Å². The number of carbonyl (C=O) groups is 1. The highest BCUT2D eigenvalue weighted by Crippen LogP contribution is 2.22. The second kappa shape index (κ2) is 12.6. The van der Waals surface area contributed by atoms with E-state index in [4.69, 9.17) is 23.2 Å². The summed E-state index contributed by atoms with van der Waals surface area (Å²) in [6, 6.07) is 13.2. The third kappa shape index (κ3) is 7.61. The Kier molecular flexibility index (Phi) is 9.32. The average Bonchev–Trinajstić information content (AvgIpc) is 2.86. The van der Waals surface area contributed by atoms with Crippen molar-refractivity contribution < 1.29 is 9.90 Å². The lowest BCUT2D eigenvalue weighted by atomic mass is 10.0. The number of nitrogens with one attached hydrogen (secondary N) is 3. The van der Waals surface area contributed by atoms with Gasteiger partial charge in [-0.2, -0.15) is 0 Å². The van der Waals surface area contributed by atoms with Crippen LogP contribution in [-0.4, -0.2) is 54.2 Å². The van der Waals surface area contributed by atoms with Gasteiger partial charge in [0.1, 0.15) is 5.82 Å². The fraction of sp³-hybridized carbons (Fsp3) is 0.444. The summed E-state index contributed by atoms with van der Waals surface area (Å²) in [5.74, 6) is 0.892. The van der Waals surface area contributed by atoms with Crippen LogP contribution in [0.15, 0.2) is 54.4 Å². The minimum atomic E-state index is -0.304. The summed E-state index contributed by atoms with van der Waals surface area (Å²) in [6.07, 6.45) is 7.94. The molecule has 35 heavy (non-hydrogen) atoms. The first-order chi connectivity index (χ1) is 17.0. The normalized spacial score (nSPS) is 21.0. The summed E-state index contributed by atoms with van der Waals surface area (Å²) in [6.45, 7) is 3.06. The maximum absolute atomic E-state index is 12.6. The second-order valence-corrected chi connectivity index (χ2v) is 10.1. The van der Waals surface area contributed by atoms with Gasteiger partial charge in [0.15, 0.2) is 0 Å². The molecule has 2 aromatic carbocycles. The van der Waals surface area contributed by atoms with Gasteiger partial charge in [-0.05, 0) is 86.7 Å². The van der Waals surface area contributed by atoms with E-state index in [-0.39, 0.29) is 12.0 Å². The summed E-state index contributed by atoms with van der Waals surface area (Å²) in [5.41, 5.74) is 2.47. The Hall–Kier alpha value is -2.25. The van der Waals surface area contributed by atoms with Crippen LogP contribution in [0.5, 0.6) is 0 Å². The van der Waals surface area contributed by atoms with Crippen molar-refractivity contribution in [2.24, 2.45) is 0 Å². The molecule has 2 fully saturated rings. The number of hydrogen-bond acceptors (Lipinski definition) is 5. The quantitative estimate of drug-likeness (QED) is 0.404. The first-order valence-corrected chi connectivity index (χ1v) is 13.2. The van der Waals surface area contributed by atoms with Crippen LogP contribution in [0.3, 0.4) is 0 Å². The highest BCUT2D eigenvalue weighted by molar-refractivity contribution is 6.35. The number of hydrogen-bond donors (Lipinski definition) is 4. The van der Waals surface area contributed by atoms with Crippen molar-refractivity contribution in [3.63, 3.8) is 0 Å². The largest absolute Gasteiger partial charge is 0.391 e. The van der Waals surface area contributed by atoms with E-state index in [1.165, 1.54) is 12.8 Å². The van der Waals surface area contributed by atoms with Gasteiger partial charge in [-0.25, -0.2) is 0 Å². The molecule has 0 aliphatic carbocycles. The number of benzene rings is 2. The second-order valence-electron chi connectivity index (χ2n) is 9.29. The van der Waals surface area contributed by atoms with E-state index in [1.807, 2.05) is 30.3 Å². The zero-order valence-corrected chi connectivity index (χ0v) is 21.4. The molecule has 0 saturated carbocycles. The molecular formula is C27H34Cl2N4O2. The Balaban J connectivity index is 1.36. The monoisotopic (exact) mass is 516 g/mol. The van der Waals surface area contributed by atoms with Crippen LogP contribution in [-0.2, 0) is 6.42 Å². The lowest BCUT2D eigenvalue weighted by Crippen LogP contribution is -2.41. The van der Waals surface area contributed by atoms with Crippen LogP contribution >= 0.6 is 23.2 Å². The first-order valence-electron chi connectivity index (χ1n) is 12.5. The third-order valence-corrected chi connectivity index (χ3v) is 7.15. The Morgan fingerprint density at radius 2 is 1.94 bits per heavy atom. The smallest absolute Gasteiger partial charge is 0.251 e. The number of aliphatic hydroxyl groups excluding tert-OH is 1. The average molecular weight is 518 g/mol. The number of aliphatic hydroxyl groups is 1. The van der Waals surface area contributed by atoms with Crippen molar-refractivity contribution in [1.29, 1.82) is 0 Å². The molecule has 2 aliphatic heterocycles. The number of likely N-dealkylation sites (tertiary alicyclic amines) is 1. The van der Waals surface area contributed by atoms with Crippen molar-refractivity contribution >= 4 is 34.8 Å². The molecule has 2 aromatic rings. The molecule has 2 aliphatic rings. The van der Waals surface area contributed by atoms with E-state index in [2.05, 4.69) is 26.9 Å². The predicted octanol–water partition coefficient (Wildman–Crippen LogP) is 4.82. The number of halogens is 2. The van der Waals surface area contributed by atoms with Gasteiger partial charge in [-0.15, -0.1) is 0 Å². The summed E-state index contributed by atoms with van der Waals surface area (Å²) < 4.78 is 0. The molecular weight excluding hydrogens is 483 g/mol. The van der Waals surface area contributed by atoms with Crippen LogP contribution in [0, 0.1) is 0 Å². The molecule has 4 rings (SSSR count). The van der Waals surface area contributed by atoms with Gasteiger partial charge < -0.3 is 26.0 Å². The van der Waals surface area contributed by atoms with Crippen molar-refractivity contribution in [2.45, 2.75) is 50.7 Å². The van der Waals surface area contributed by atoms with Gasteiger partial charge in [0.05, 0.1) is 6.10 Å². The number of β-amino-alcohol motifs (C(OH)–C–C–N with tert-alkyl or cyclic N) is 1. The molecule has 188 valence electrons. The van der Waals surface area contributed by atoms with Gasteiger partial charge >= 0.3 is 0 Å². The maximum atomic E-state index is 12.6. The molecule has 6 nitrogen and oxygen atoms in total. The zero-order valence-electron chi connectivity index (χ0n) is 19.9. The minimum absolute atomic E-state index is 0.122. The van der Waals surface area contributed by atoms with E-state index in [1.54, 1.807) is 12.1 Å². The van der Waals surface area contributed by atoms with E-state index >= 15 is 0 Å². The first kappa shape index (κ1) is 25.8. The number of nitrogens with zero attached hydrogens (tertiary/aromatic N) is 1. The van der Waals surface area contributed by atoms with Gasteiger partial charge in [0.25, 0.3) is 5.91 Å². The highest BCUT2D eigenvalue weighted by Gasteiger charge is 2.21. The predicted molar refractivity (Wildman–Crippen MR) is 143 cm³/mol. The lowest BCUT2D eigenvalue weighted by molar-refractivity contribution is 0.0882. The molecule has 8 heteroatoms. The van der Waals surface area contributed by atoms with Crippen LogP contribution < -0.4 is 16.0 Å². The van der Waals surface area contributed by atoms with Crippen molar-refractivity contribution in [2.75, 3.05) is 31.5 Å². The topological polar surface area (TPSA) is 76.6 Å². The van der Waals surface area contributed by atoms with E-state index in [9.17, 15) is 9.90 Å². The van der Waals surface area contributed by atoms with E-state index < -0.39 is 0 Å². The van der Waals surface area contributed by atoms with Crippen LogP contribution in [0.4, 0.5) is 5.69 Å². The van der Waals surface area contributed by atoms with Crippen molar-refractivity contribution in [3.8, 4) is 0 Å². The summed E-state index contributed by atoms with van der Waals surface area (Å²) >= 11 is 12.2. The van der Waals surface area contributed by atoms with Crippen LogP contribution in [0.25, 0.3) is 0 Å². The molecule has 4 N–H and O–H groups in total. The Bertz CT molecular complexity index is 1020. The summed E-state index contributed by atoms with van der Waals surface area (Å²) in [4.78, 5) is 14.8. The van der Waals surface area contributed by atoms with Gasteiger partial charge in [-0.1, -0.05) is 35.7 Å². The molecule has 0 aromatic heterocycles. The number of piperidine rings is 2. The van der Waals surface area contributed by atoms with Gasteiger partial charge in [0.2, 0.25) is 0 Å².